The number of amides is 3. The molecule has 1 atom stereocenters. The number of nitrogens with one attached hydrogen (secondary N) is 3. The van der Waals surface area contributed by atoms with Crippen molar-refractivity contribution in [1.82, 2.24) is 20.3 Å². The monoisotopic (exact) mass is 248 g/mol. The van der Waals surface area contributed by atoms with Gasteiger partial charge in [0.2, 0.25) is 5.91 Å². The van der Waals surface area contributed by atoms with Crippen molar-refractivity contribution in [2.75, 3.05) is 5.32 Å². The summed E-state index contributed by atoms with van der Waals surface area (Å²) in [5, 5.41) is 4.83. The number of hydrogen-bond donors (Lipinski definition) is 4. The van der Waals surface area contributed by atoms with Gasteiger partial charge in [-0.1, -0.05) is 0 Å². The molecule has 0 aliphatic rings. The standard InChI is InChI=1S/C10H12N6O2/c1-5(8(11)17)14-10(18)16-7-4-13-9-6(15-7)2-3-12-9/h2-5H,1H3,(H2,11,17)(H,12,13)(H2,14,15,16,18). The van der Waals surface area contributed by atoms with Gasteiger partial charge in [0.25, 0.3) is 0 Å². The van der Waals surface area contributed by atoms with Crippen LogP contribution in [0.2, 0.25) is 0 Å². The Hall–Kier alpha value is -2.64. The Morgan fingerprint density at radius 2 is 2.28 bits per heavy atom. The molecule has 5 N–H and O–H groups in total. The van der Waals surface area contributed by atoms with E-state index >= 15 is 0 Å². The number of primary amides is 1. The van der Waals surface area contributed by atoms with E-state index in [9.17, 15) is 9.59 Å². The van der Waals surface area contributed by atoms with Crippen molar-refractivity contribution in [2.24, 2.45) is 5.73 Å². The lowest BCUT2D eigenvalue weighted by atomic mass is 10.3. The normalized spacial score (nSPS) is 12.1. The summed E-state index contributed by atoms with van der Waals surface area (Å²) in [6, 6.07) is 0.414. The molecule has 0 aliphatic carbocycles. The molecule has 1 unspecified atom stereocenters. The van der Waals surface area contributed by atoms with E-state index in [0.717, 1.165) is 0 Å². The number of fused-ring (bicyclic) bond motifs is 1. The molecular formula is C10H12N6O2. The molecule has 2 rings (SSSR count). The first-order chi connectivity index (χ1) is 8.56. The zero-order chi connectivity index (χ0) is 13.1. The van der Waals surface area contributed by atoms with Crippen molar-refractivity contribution in [3.05, 3.63) is 18.5 Å². The molecule has 0 spiro atoms. The third-order valence-electron chi connectivity index (χ3n) is 2.28. The summed E-state index contributed by atoms with van der Waals surface area (Å²) in [6.07, 6.45) is 3.11. The number of anilines is 1. The topological polar surface area (TPSA) is 126 Å². The maximum absolute atomic E-state index is 11.5. The third kappa shape index (κ3) is 2.54. The molecule has 0 aliphatic heterocycles. The van der Waals surface area contributed by atoms with Crippen molar-refractivity contribution >= 4 is 28.9 Å². The van der Waals surface area contributed by atoms with Gasteiger partial charge < -0.3 is 16.0 Å². The van der Waals surface area contributed by atoms with E-state index in [2.05, 4.69) is 25.6 Å². The number of urea groups is 1. The Kier molecular flexibility index (Phi) is 3.09. The van der Waals surface area contributed by atoms with Crippen molar-refractivity contribution < 1.29 is 9.59 Å². The Morgan fingerprint density at radius 1 is 1.50 bits per heavy atom. The van der Waals surface area contributed by atoms with Crippen LogP contribution in [0.25, 0.3) is 11.2 Å². The van der Waals surface area contributed by atoms with Crippen molar-refractivity contribution in [3.8, 4) is 0 Å². The lowest BCUT2D eigenvalue weighted by Crippen LogP contribution is -2.44. The number of hydrogen-bond acceptors (Lipinski definition) is 4. The van der Waals surface area contributed by atoms with E-state index < -0.39 is 18.0 Å². The minimum Gasteiger partial charge on any atom is -0.368 e. The van der Waals surface area contributed by atoms with Gasteiger partial charge in [-0.25, -0.2) is 14.8 Å². The van der Waals surface area contributed by atoms with Gasteiger partial charge in [0, 0.05) is 6.20 Å². The van der Waals surface area contributed by atoms with Crippen LogP contribution >= 0.6 is 0 Å². The molecular weight excluding hydrogens is 236 g/mol. The average molecular weight is 248 g/mol. The molecule has 0 radical (unpaired) electrons. The van der Waals surface area contributed by atoms with E-state index in [1.54, 1.807) is 12.3 Å². The number of nitrogens with two attached hydrogens (primary N) is 1. The highest BCUT2D eigenvalue weighted by molar-refractivity contribution is 5.92. The molecule has 0 fully saturated rings. The third-order valence-corrected chi connectivity index (χ3v) is 2.28. The lowest BCUT2D eigenvalue weighted by molar-refractivity contribution is -0.119. The van der Waals surface area contributed by atoms with Gasteiger partial charge in [-0.05, 0) is 13.0 Å². The van der Waals surface area contributed by atoms with Crippen LogP contribution in [0, 0.1) is 0 Å². The Labute approximate surface area is 102 Å². The summed E-state index contributed by atoms with van der Waals surface area (Å²) in [5.74, 6) is -0.325. The smallest absolute Gasteiger partial charge is 0.321 e. The quantitative estimate of drug-likeness (QED) is 0.607. The summed E-state index contributed by atoms with van der Waals surface area (Å²) in [6.45, 7) is 1.49. The number of carbonyl (C=O) groups is 2. The van der Waals surface area contributed by atoms with Crippen LogP contribution in [0.1, 0.15) is 6.92 Å². The van der Waals surface area contributed by atoms with E-state index in [-0.39, 0.29) is 5.82 Å². The zero-order valence-corrected chi connectivity index (χ0v) is 9.60. The zero-order valence-electron chi connectivity index (χ0n) is 9.60. The van der Waals surface area contributed by atoms with Gasteiger partial charge in [-0.2, -0.15) is 0 Å². The maximum Gasteiger partial charge on any atom is 0.321 e. The summed E-state index contributed by atoms with van der Waals surface area (Å²) in [5.41, 5.74) is 6.29. The number of H-pyrrole nitrogens is 1. The van der Waals surface area contributed by atoms with Crippen LogP contribution in [0.15, 0.2) is 18.5 Å². The molecule has 0 saturated carbocycles. The molecule has 94 valence electrons. The van der Waals surface area contributed by atoms with E-state index in [0.29, 0.717) is 11.2 Å². The molecule has 8 heteroatoms. The minimum atomic E-state index is -0.756. The van der Waals surface area contributed by atoms with Gasteiger partial charge in [-0.15, -0.1) is 0 Å². The second-order valence-electron chi connectivity index (χ2n) is 3.69. The first-order valence-electron chi connectivity index (χ1n) is 5.23. The first-order valence-corrected chi connectivity index (χ1v) is 5.23. The lowest BCUT2D eigenvalue weighted by Gasteiger charge is -2.10. The van der Waals surface area contributed by atoms with E-state index in [4.69, 9.17) is 5.73 Å². The van der Waals surface area contributed by atoms with Crippen molar-refractivity contribution in [3.63, 3.8) is 0 Å². The van der Waals surface area contributed by atoms with Gasteiger partial charge in [0.15, 0.2) is 11.5 Å². The summed E-state index contributed by atoms with van der Waals surface area (Å²) in [7, 11) is 0. The van der Waals surface area contributed by atoms with E-state index in [1.165, 1.54) is 13.1 Å². The predicted molar refractivity (Wildman–Crippen MR) is 64.7 cm³/mol. The number of aromatic amines is 1. The number of nitrogens with zero attached hydrogens (tertiary/aromatic N) is 2. The Balaban J connectivity index is 2.04. The second kappa shape index (κ2) is 4.70. The molecule has 0 bridgehead atoms. The highest BCUT2D eigenvalue weighted by Gasteiger charge is 2.12. The molecule has 8 nitrogen and oxygen atoms in total. The Morgan fingerprint density at radius 3 is 3.00 bits per heavy atom. The fourth-order valence-electron chi connectivity index (χ4n) is 1.31. The van der Waals surface area contributed by atoms with Gasteiger partial charge in [0.1, 0.15) is 11.6 Å². The fraction of sp³-hybridized carbons (Fsp3) is 0.200. The molecule has 2 heterocycles. The molecule has 2 aromatic heterocycles. The number of aromatic nitrogens is 3. The van der Waals surface area contributed by atoms with E-state index in [1.807, 2.05) is 0 Å². The van der Waals surface area contributed by atoms with Crippen LogP contribution in [-0.2, 0) is 4.79 Å². The molecule has 0 aromatic carbocycles. The summed E-state index contributed by atoms with van der Waals surface area (Å²) >= 11 is 0. The van der Waals surface area contributed by atoms with Gasteiger partial charge in [0.05, 0.1) is 6.20 Å². The fourth-order valence-corrected chi connectivity index (χ4v) is 1.31. The molecule has 2 aromatic rings. The van der Waals surface area contributed by atoms with Crippen LogP contribution in [0.5, 0.6) is 0 Å². The minimum absolute atomic E-state index is 0.288. The average Bonchev–Trinajstić information content (AvgIpc) is 2.75. The van der Waals surface area contributed by atoms with Crippen LogP contribution in [0.4, 0.5) is 10.6 Å². The summed E-state index contributed by atoms with van der Waals surface area (Å²) in [4.78, 5) is 33.4. The number of rotatable bonds is 3. The largest absolute Gasteiger partial charge is 0.368 e. The SMILES string of the molecule is CC(NC(=O)Nc1cnc2[nH]ccc2n1)C(N)=O. The molecule has 3 amide bonds. The highest BCUT2D eigenvalue weighted by Crippen LogP contribution is 2.09. The second-order valence-corrected chi connectivity index (χ2v) is 3.69. The van der Waals surface area contributed by atoms with Gasteiger partial charge >= 0.3 is 6.03 Å². The molecule has 0 saturated heterocycles. The predicted octanol–water partition coefficient (Wildman–Crippen LogP) is -0.0468. The Bertz CT molecular complexity index is 593. The van der Waals surface area contributed by atoms with Crippen molar-refractivity contribution in [1.29, 1.82) is 0 Å². The van der Waals surface area contributed by atoms with Crippen LogP contribution in [0.3, 0.4) is 0 Å². The van der Waals surface area contributed by atoms with Crippen LogP contribution < -0.4 is 16.4 Å². The molecule has 18 heavy (non-hydrogen) atoms. The van der Waals surface area contributed by atoms with Gasteiger partial charge in [-0.3, -0.25) is 10.1 Å². The summed E-state index contributed by atoms with van der Waals surface area (Å²) < 4.78 is 0. The maximum atomic E-state index is 11.5. The van der Waals surface area contributed by atoms with Crippen LogP contribution in [-0.4, -0.2) is 32.9 Å². The van der Waals surface area contributed by atoms with Crippen molar-refractivity contribution in [2.45, 2.75) is 13.0 Å². The number of carbonyl (C=O) groups excluding carboxylic acids is 2. The highest BCUT2D eigenvalue weighted by atomic mass is 16.2. The first kappa shape index (κ1) is 11.8.